The minimum absolute atomic E-state index is 0.195. The number of hydrogen-bond donors (Lipinski definition) is 1. The lowest BCUT2D eigenvalue weighted by molar-refractivity contribution is -0.114. The Kier molecular flexibility index (Phi) is 6.16. The number of aryl methyl sites for hydroxylation is 2. The molecule has 6 nitrogen and oxygen atoms in total. The van der Waals surface area contributed by atoms with Crippen LogP contribution in [0.25, 0.3) is 5.69 Å². The van der Waals surface area contributed by atoms with E-state index >= 15 is 0 Å². The first kappa shape index (κ1) is 21.0. The lowest BCUT2D eigenvalue weighted by Crippen LogP contribution is -2.15. The molecule has 1 aromatic heterocycles. The van der Waals surface area contributed by atoms with Gasteiger partial charge in [0.15, 0.2) is 6.61 Å². The highest BCUT2D eigenvalue weighted by Crippen LogP contribution is 2.22. The third kappa shape index (κ3) is 4.66. The molecule has 1 heterocycles. The maximum atomic E-state index is 12.7. The van der Waals surface area contributed by atoms with Crippen LogP contribution in [0.4, 0.5) is 5.69 Å². The number of anilines is 1. The number of nitrogens with one attached hydrogen (secondary N) is 1. The van der Waals surface area contributed by atoms with Crippen LogP contribution >= 0.6 is 0 Å². The third-order valence-electron chi connectivity index (χ3n) is 4.80. The number of aromatic nitrogens is 1. The second-order valence-corrected chi connectivity index (χ2v) is 7.21. The minimum Gasteiger partial charge on any atom is -0.454 e. The summed E-state index contributed by atoms with van der Waals surface area (Å²) in [5.74, 6) is -1.05. The van der Waals surface area contributed by atoms with Gasteiger partial charge in [-0.15, -0.1) is 0 Å². The molecule has 0 spiro atoms. The highest BCUT2D eigenvalue weighted by Gasteiger charge is 2.18. The Labute approximate surface area is 175 Å². The molecule has 0 radical (unpaired) electrons. The first-order valence-corrected chi connectivity index (χ1v) is 9.60. The molecule has 0 aliphatic rings. The van der Waals surface area contributed by atoms with E-state index < -0.39 is 5.97 Å². The van der Waals surface area contributed by atoms with E-state index in [2.05, 4.69) is 5.32 Å². The van der Waals surface area contributed by atoms with Crippen LogP contribution in [-0.2, 0) is 9.53 Å². The van der Waals surface area contributed by atoms with Gasteiger partial charge in [-0.25, -0.2) is 4.79 Å². The van der Waals surface area contributed by atoms with E-state index in [4.69, 9.17) is 4.74 Å². The maximum absolute atomic E-state index is 12.7. The normalized spacial score (nSPS) is 10.5. The van der Waals surface area contributed by atoms with Crippen molar-refractivity contribution in [1.29, 1.82) is 0 Å². The summed E-state index contributed by atoms with van der Waals surface area (Å²) in [6, 6.07) is 16.2. The Balaban J connectivity index is 1.69. The van der Waals surface area contributed by atoms with Crippen molar-refractivity contribution in [1.82, 2.24) is 4.57 Å². The number of amides is 1. The number of rotatable bonds is 6. The average molecular weight is 404 g/mol. The molecule has 0 aliphatic heterocycles. The zero-order valence-corrected chi connectivity index (χ0v) is 17.5. The number of hydrogen-bond acceptors (Lipinski definition) is 4. The van der Waals surface area contributed by atoms with Crippen molar-refractivity contribution in [2.45, 2.75) is 27.7 Å². The van der Waals surface area contributed by atoms with Gasteiger partial charge in [0.25, 0.3) is 0 Å². The van der Waals surface area contributed by atoms with Crippen molar-refractivity contribution in [2.24, 2.45) is 0 Å². The second kappa shape index (κ2) is 8.78. The van der Waals surface area contributed by atoms with Gasteiger partial charge in [-0.1, -0.05) is 17.7 Å². The molecule has 1 N–H and O–H groups in total. The summed E-state index contributed by atoms with van der Waals surface area (Å²) in [7, 11) is 0. The van der Waals surface area contributed by atoms with E-state index in [1.165, 1.54) is 6.92 Å². The number of carbonyl (C=O) groups excluding carboxylic acids is 3. The number of benzene rings is 2. The van der Waals surface area contributed by atoms with Crippen molar-refractivity contribution >= 4 is 23.3 Å². The molecule has 0 bridgehead atoms. The first-order chi connectivity index (χ1) is 14.3. The minimum atomic E-state index is -0.593. The molecule has 0 saturated heterocycles. The van der Waals surface area contributed by atoms with Crippen molar-refractivity contribution < 1.29 is 19.1 Å². The van der Waals surface area contributed by atoms with Crippen molar-refractivity contribution in [3.05, 3.63) is 82.7 Å². The van der Waals surface area contributed by atoms with Crippen LogP contribution in [0.15, 0.2) is 54.6 Å². The van der Waals surface area contributed by atoms with E-state index in [0.29, 0.717) is 16.8 Å². The fourth-order valence-electron chi connectivity index (χ4n) is 3.32. The molecule has 6 heteroatoms. The summed E-state index contributed by atoms with van der Waals surface area (Å²) >= 11 is 0. The van der Waals surface area contributed by atoms with Crippen LogP contribution < -0.4 is 5.32 Å². The number of nitrogens with zero attached hydrogens (tertiary/aromatic N) is 1. The molecule has 0 aliphatic carbocycles. The van der Waals surface area contributed by atoms with Crippen molar-refractivity contribution in [3.63, 3.8) is 0 Å². The van der Waals surface area contributed by atoms with E-state index in [-0.39, 0.29) is 18.3 Å². The number of ketones is 1. The molecule has 0 atom stereocenters. The second-order valence-electron chi connectivity index (χ2n) is 7.21. The Morgan fingerprint density at radius 2 is 1.57 bits per heavy atom. The Bertz CT molecular complexity index is 1090. The van der Waals surface area contributed by atoms with Crippen molar-refractivity contribution in [2.75, 3.05) is 11.9 Å². The molecule has 30 heavy (non-hydrogen) atoms. The molecule has 0 fully saturated rings. The van der Waals surface area contributed by atoms with Crippen LogP contribution in [0.5, 0.6) is 0 Å². The van der Waals surface area contributed by atoms with Gasteiger partial charge in [-0.05, 0) is 63.2 Å². The van der Waals surface area contributed by atoms with E-state index in [9.17, 15) is 14.4 Å². The molecule has 0 saturated carbocycles. The zero-order valence-electron chi connectivity index (χ0n) is 17.5. The summed E-state index contributed by atoms with van der Waals surface area (Å²) in [5.41, 5.74) is 5.29. The fourth-order valence-corrected chi connectivity index (χ4v) is 3.32. The number of esters is 1. The maximum Gasteiger partial charge on any atom is 0.338 e. The monoisotopic (exact) mass is 404 g/mol. The Morgan fingerprint density at radius 1 is 0.933 bits per heavy atom. The summed E-state index contributed by atoms with van der Waals surface area (Å²) in [4.78, 5) is 36.0. The van der Waals surface area contributed by atoms with Gasteiger partial charge in [0.05, 0.1) is 5.56 Å². The van der Waals surface area contributed by atoms with E-state index in [1.807, 2.05) is 55.7 Å². The SMILES string of the molecule is CC(=O)Nc1ccc(C(=O)OCC(=O)c2cc(C)n(-c3ccc(C)cc3)c2C)cc1. The Morgan fingerprint density at radius 3 is 2.17 bits per heavy atom. The summed E-state index contributed by atoms with van der Waals surface area (Å²) in [5, 5.41) is 2.63. The van der Waals surface area contributed by atoms with Crippen LogP contribution in [0.1, 0.15) is 44.6 Å². The number of ether oxygens (including phenoxy) is 1. The lowest BCUT2D eigenvalue weighted by atomic mass is 10.1. The standard InChI is InChI=1S/C24H24N2O4/c1-15-5-11-21(12-6-15)26-16(2)13-22(17(26)3)23(28)14-30-24(29)19-7-9-20(10-8-19)25-18(4)27/h5-13H,14H2,1-4H3,(H,25,27). The van der Waals surface area contributed by atoms with Gasteiger partial charge in [0.1, 0.15) is 0 Å². The highest BCUT2D eigenvalue weighted by molar-refractivity contribution is 6.00. The number of Topliss-reactive ketones (excluding diaryl/α,β-unsaturated/α-hetero) is 1. The van der Waals surface area contributed by atoms with Gasteiger partial charge in [0.2, 0.25) is 11.7 Å². The molecule has 1 amide bonds. The van der Waals surface area contributed by atoms with Crippen LogP contribution in [0.2, 0.25) is 0 Å². The zero-order chi connectivity index (χ0) is 21.8. The average Bonchev–Trinajstić information content (AvgIpc) is 3.01. The lowest BCUT2D eigenvalue weighted by Gasteiger charge is -2.10. The van der Waals surface area contributed by atoms with Crippen LogP contribution in [-0.4, -0.2) is 28.8 Å². The molecule has 2 aromatic carbocycles. The first-order valence-electron chi connectivity index (χ1n) is 9.60. The predicted molar refractivity (Wildman–Crippen MR) is 115 cm³/mol. The van der Waals surface area contributed by atoms with E-state index in [0.717, 1.165) is 22.6 Å². The van der Waals surface area contributed by atoms with Crippen molar-refractivity contribution in [3.8, 4) is 5.69 Å². The van der Waals surface area contributed by atoms with E-state index in [1.54, 1.807) is 24.3 Å². The summed E-state index contributed by atoms with van der Waals surface area (Å²) in [6.07, 6.45) is 0. The van der Waals surface area contributed by atoms with Gasteiger partial charge < -0.3 is 14.6 Å². The Hall–Kier alpha value is -3.67. The highest BCUT2D eigenvalue weighted by atomic mass is 16.5. The third-order valence-corrected chi connectivity index (χ3v) is 4.80. The van der Waals surface area contributed by atoms with Crippen LogP contribution in [0.3, 0.4) is 0 Å². The fraction of sp³-hybridized carbons (Fsp3) is 0.208. The smallest absolute Gasteiger partial charge is 0.338 e. The van der Waals surface area contributed by atoms with Gasteiger partial charge in [-0.3, -0.25) is 9.59 Å². The van der Waals surface area contributed by atoms with Gasteiger partial charge in [-0.2, -0.15) is 0 Å². The topological polar surface area (TPSA) is 77.4 Å². The summed E-state index contributed by atoms with van der Waals surface area (Å²) in [6.45, 7) is 6.90. The molecule has 3 aromatic rings. The quantitative estimate of drug-likeness (QED) is 0.488. The predicted octanol–water partition coefficient (Wildman–Crippen LogP) is 4.40. The molecule has 3 rings (SSSR count). The summed E-state index contributed by atoms with van der Waals surface area (Å²) < 4.78 is 7.21. The van der Waals surface area contributed by atoms with Gasteiger partial charge >= 0.3 is 5.97 Å². The largest absolute Gasteiger partial charge is 0.454 e. The molecular weight excluding hydrogens is 380 g/mol. The number of carbonyl (C=O) groups is 3. The molecule has 0 unspecified atom stereocenters. The van der Waals surface area contributed by atoms with Crippen LogP contribution in [0, 0.1) is 20.8 Å². The molecular formula is C24H24N2O4. The van der Waals surface area contributed by atoms with Gasteiger partial charge in [0, 0.05) is 35.2 Å². The molecule has 154 valence electrons.